The van der Waals surface area contributed by atoms with Crippen LogP contribution in [-0.4, -0.2) is 47.9 Å². The zero-order valence-corrected chi connectivity index (χ0v) is 18.9. The van der Waals surface area contributed by atoms with Crippen LogP contribution in [0.15, 0.2) is 42.5 Å². The van der Waals surface area contributed by atoms with Gasteiger partial charge in [0.05, 0.1) is 12.0 Å². The number of rotatable bonds is 11. The highest BCUT2D eigenvalue weighted by molar-refractivity contribution is 6.30. The Morgan fingerprint density at radius 1 is 1.22 bits per heavy atom. The molecule has 2 rings (SSSR count). The molecule has 10 heteroatoms. The highest BCUT2D eigenvalue weighted by Gasteiger charge is 2.26. The van der Waals surface area contributed by atoms with Gasteiger partial charge in [-0.2, -0.15) is 0 Å². The van der Waals surface area contributed by atoms with E-state index in [4.69, 9.17) is 21.1 Å². The Balaban J connectivity index is 2.16. The first kappa shape index (κ1) is 24.9. The van der Waals surface area contributed by atoms with Gasteiger partial charge in [-0.15, -0.1) is 0 Å². The van der Waals surface area contributed by atoms with Crippen LogP contribution in [0, 0.1) is 10.1 Å². The average molecular weight is 464 g/mol. The maximum atomic E-state index is 13.0. The molecular formula is C22H26ClN3O6. The molecule has 0 saturated carbocycles. The molecule has 0 unspecified atom stereocenters. The molecule has 0 aliphatic rings. The summed E-state index contributed by atoms with van der Waals surface area (Å²) in [5.41, 5.74) is 0.589. The van der Waals surface area contributed by atoms with Crippen molar-refractivity contribution in [1.29, 1.82) is 0 Å². The van der Waals surface area contributed by atoms with Crippen LogP contribution in [-0.2, 0) is 16.1 Å². The van der Waals surface area contributed by atoms with Gasteiger partial charge in [0.2, 0.25) is 11.7 Å². The van der Waals surface area contributed by atoms with Gasteiger partial charge in [-0.25, -0.2) is 0 Å². The summed E-state index contributed by atoms with van der Waals surface area (Å²) in [5, 5.41) is 14.4. The minimum absolute atomic E-state index is 0.0188. The largest absolute Gasteiger partial charge is 0.490 e. The fourth-order valence-electron chi connectivity index (χ4n) is 2.89. The van der Waals surface area contributed by atoms with Gasteiger partial charge in [0.1, 0.15) is 11.8 Å². The van der Waals surface area contributed by atoms with Crippen LogP contribution in [0.5, 0.6) is 11.5 Å². The van der Waals surface area contributed by atoms with Crippen LogP contribution < -0.4 is 14.8 Å². The molecule has 0 aliphatic heterocycles. The molecule has 0 bridgehead atoms. The Kier molecular flexibility index (Phi) is 9.27. The number of ether oxygens (including phenoxy) is 2. The molecule has 2 aromatic rings. The number of nitrogens with one attached hydrogen (secondary N) is 1. The number of nitrogens with zero attached hydrogens (tertiary/aromatic N) is 2. The number of hydrogen-bond acceptors (Lipinski definition) is 6. The van der Waals surface area contributed by atoms with E-state index in [1.54, 1.807) is 31.2 Å². The normalized spacial score (nSPS) is 11.4. The summed E-state index contributed by atoms with van der Waals surface area (Å²) in [6, 6.07) is 10.2. The number of amides is 2. The maximum Gasteiger partial charge on any atom is 0.311 e. The second kappa shape index (κ2) is 11.9. The zero-order chi connectivity index (χ0) is 23.7. The van der Waals surface area contributed by atoms with Crippen LogP contribution in [0.4, 0.5) is 5.69 Å². The van der Waals surface area contributed by atoms with Gasteiger partial charge >= 0.3 is 5.69 Å². The van der Waals surface area contributed by atoms with E-state index in [9.17, 15) is 19.7 Å². The smallest absolute Gasteiger partial charge is 0.311 e. The van der Waals surface area contributed by atoms with Gasteiger partial charge in [-0.05, 0) is 37.1 Å². The topological polar surface area (TPSA) is 111 Å². The number of benzene rings is 2. The lowest BCUT2D eigenvalue weighted by Gasteiger charge is -2.28. The van der Waals surface area contributed by atoms with Crippen molar-refractivity contribution in [1.82, 2.24) is 10.2 Å². The highest BCUT2D eigenvalue weighted by Crippen LogP contribution is 2.30. The fourth-order valence-corrected chi connectivity index (χ4v) is 3.02. The van der Waals surface area contributed by atoms with Crippen LogP contribution >= 0.6 is 11.6 Å². The number of nitro groups is 1. The predicted molar refractivity (Wildman–Crippen MR) is 120 cm³/mol. The van der Waals surface area contributed by atoms with Crippen molar-refractivity contribution in [2.75, 3.05) is 20.3 Å². The van der Waals surface area contributed by atoms with E-state index >= 15 is 0 Å². The van der Waals surface area contributed by atoms with E-state index < -0.39 is 16.9 Å². The number of halogens is 1. The van der Waals surface area contributed by atoms with Gasteiger partial charge in [0.15, 0.2) is 6.61 Å². The number of carbonyl (C=O) groups excluding carboxylic acids is 2. The summed E-state index contributed by atoms with van der Waals surface area (Å²) in [7, 11) is 1.31. The second-order valence-electron chi connectivity index (χ2n) is 6.99. The Morgan fingerprint density at radius 3 is 2.50 bits per heavy atom. The molecule has 0 saturated heterocycles. The maximum absolute atomic E-state index is 13.0. The monoisotopic (exact) mass is 463 g/mol. The molecule has 0 aromatic heterocycles. The Hall–Kier alpha value is -3.33. The van der Waals surface area contributed by atoms with Gasteiger partial charge < -0.3 is 19.7 Å². The molecule has 0 spiro atoms. The molecule has 9 nitrogen and oxygen atoms in total. The zero-order valence-electron chi connectivity index (χ0n) is 18.2. The van der Waals surface area contributed by atoms with Gasteiger partial charge in [-0.1, -0.05) is 30.7 Å². The molecule has 2 amide bonds. The van der Waals surface area contributed by atoms with E-state index in [-0.39, 0.29) is 36.2 Å². The summed E-state index contributed by atoms with van der Waals surface area (Å²) in [4.78, 5) is 37.4. The fraction of sp³-hybridized carbons (Fsp3) is 0.364. The van der Waals surface area contributed by atoms with Crippen LogP contribution in [0.2, 0.25) is 5.02 Å². The lowest BCUT2D eigenvalue weighted by Crippen LogP contribution is -2.49. The quantitative estimate of drug-likeness (QED) is 0.402. The summed E-state index contributed by atoms with van der Waals surface area (Å²) in [5.74, 6) is -0.441. The highest BCUT2D eigenvalue weighted by atomic mass is 35.5. The van der Waals surface area contributed by atoms with E-state index in [0.29, 0.717) is 11.6 Å². The molecule has 0 heterocycles. The SMILES string of the molecule is CCCNC(=O)[C@H](C)N(Cc1ccc(Cl)cc1)C(=O)COc1ccc([N+](=O)[O-])c(OC)c1. The predicted octanol–water partition coefficient (Wildman–Crippen LogP) is 3.58. The van der Waals surface area contributed by atoms with Gasteiger partial charge in [0, 0.05) is 30.2 Å². The van der Waals surface area contributed by atoms with Gasteiger partial charge in [0.25, 0.3) is 5.91 Å². The lowest BCUT2D eigenvalue weighted by molar-refractivity contribution is -0.385. The third kappa shape index (κ3) is 6.84. The van der Waals surface area contributed by atoms with Crippen LogP contribution in [0.25, 0.3) is 0 Å². The first-order valence-electron chi connectivity index (χ1n) is 10.0. The lowest BCUT2D eigenvalue weighted by atomic mass is 10.1. The van der Waals surface area contributed by atoms with Crippen molar-refractivity contribution >= 4 is 29.1 Å². The van der Waals surface area contributed by atoms with Crippen LogP contribution in [0.3, 0.4) is 0 Å². The molecular weight excluding hydrogens is 438 g/mol. The molecule has 1 atom stereocenters. The third-order valence-electron chi connectivity index (χ3n) is 4.69. The van der Waals surface area contributed by atoms with Crippen molar-refractivity contribution in [3.8, 4) is 11.5 Å². The van der Waals surface area contributed by atoms with E-state index in [1.165, 1.54) is 30.2 Å². The number of nitro benzene ring substituents is 1. The number of methoxy groups -OCH3 is 1. The summed E-state index contributed by atoms with van der Waals surface area (Å²) >= 11 is 5.94. The standard InChI is InChI=1S/C22H26ClN3O6/c1-4-11-24-22(28)15(2)25(13-16-5-7-17(23)8-6-16)21(27)14-32-18-9-10-19(26(29)30)20(12-18)31-3/h5-10,12,15H,4,11,13-14H2,1-3H3,(H,24,28)/t15-/m0/s1. The van der Waals surface area contributed by atoms with E-state index in [2.05, 4.69) is 5.32 Å². The van der Waals surface area contributed by atoms with Crippen molar-refractivity contribution < 1.29 is 24.0 Å². The average Bonchev–Trinajstić information content (AvgIpc) is 2.79. The van der Waals surface area contributed by atoms with E-state index in [0.717, 1.165) is 12.0 Å². The number of hydrogen-bond donors (Lipinski definition) is 1. The van der Waals surface area contributed by atoms with Crippen molar-refractivity contribution in [3.63, 3.8) is 0 Å². The molecule has 1 N–H and O–H groups in total. The van der Waals surface area contributed by atoms with E-state index in [1.807, 2.05) is 6.92 Å². The second-order valence-corrected chi connectivity index (χ2v) is 7.43. The van der Waals surface area contributed by atoms with Crippen molar-refractivity contribution in [3.05, 3.63) is 63.2 Å². The molecule has 0 aliphatic carbocycles. The van der Waals surface area contributed by atoms with Crippen LogP contribution in [0.1, 0.15) is 25.8 Å². The Labute approximate surface area is 191 Å². The molecule has 2 aromatic carbocycles. The molecule has 0 radical (unpaired) electrons. The third-order valence-corrected chi connectivity index (χ3v) is 4.94. The van der Waals surface area contributed by atoms with Crippen molar-refractivity contribution in [2.24, 2.45) is 0 Å². The van der Waals surface area contributed by atoms with Gasteiger partial charge in [-0.3, -0.25) is 19.7 Å². The molecule has 172 valence electrons. The summed E-state index contributed by atoms with van der Waals surface area (Å²) in [6.45, 7) is 3.91. The molecule has 0 fully saturated rings. The molecule has 32 heavy (non-hydrogen) atoms. The number of carbonyl (C=O) groups is 2. The Morgan fingerprint density at radius 2 is 1.91 bits per heavy atom. The first-order chi connectivity index (χ1) is 15.3. The summed E-state index contributed by atoms with van der Waals surface area (Å²) in [6.07, 6.45) is 0.772. The minimum Gasteiger partial charge on any atom is -0.490 e. The van der Waals surface area contributed by atoms with Crippen molar-refractivity contribution in [2.45, 2.75) is 32.9 Å². The summed E-state index contributed by atoms with van der Waals surface area (Å²) < 4.78 is 10.6. The first-order valence-corrected chi connectivity index (χ1v) is 10.4. The minimum atomic E-state index is -0.736. The Bertz CT molecular complexity index is 951.